The summed E-state index contributed by atoms with van der Waals surface area (Å²) in [6.45, 7) is 0.163. The zero-order valence-electron chi connectivity index (χ0n) is 20.3. The largest absolute Gasteiger partial charge is 0.325 e. The minimum Gasteiger partial charge on any atom is -0.325 e. The smallest absolute Gasteiger partial charge is 0.261 e. The Morgan fingerprint density at radius 3 is 2.08 bits per heavy atom. The fourth-order valence-electron chi connectivity index (χ4n) is 5.95. The number of amides is 3. The van der Waals surface area contributed by atoms with Gasteiger partial charge in [-0.15, -0.1) is 0 Å². The summed E-state index contributed by atoms with van der Waals surface area (Å²) in [5.41, 5.74) is 7.44. The average Bonchev–Trinajstić information content (AvgIpc) is 3.47. The molecule has 6 heteroatoms. The Kier molecular flexibility index (Phi) is 5.88. The zero-order valence-corrected chi connectivity index (χ0v) is 20.3. The summed E-state index contributed by atoms with van der Waals surface area (Å²) in [7, 11) is 0. The number of benzene rings is 2. The van der Waals surface area contributed by atoms with E-state index in [1.165, 1.54) is 16.0 Å². The van der Waals surface area contributed by atoms with Crippen LogP contribution in [0.5, 0.6) is 0 Å². The molecular weight excluding hydrogens is 450 g/mol. The highest BCUT2D eigenvalue weighted by molar-refractivity contribution is 6.21. The molecule has 36 heavy (non-hydrogen) atoms. The fourth-order valence-corrected chi connectivity index (χ4v) is 5.95. The van der Waals surface area contributed by atoms with Crippen LogP contribution in [0.3, 0.4) is 0 Å². The van der Waals surface area contributed by atoms with Gasteiger partial charge in [0.25, 0.3) is 11.8 Å². The summed E-state index contributed by atoms with van der Waals surface area (Å²) in [6.07, 6.45) is 7.34. The van der Waals surface area contributed by atoms with Crippen LogP contribution in [0.25, 0.3) is 0 Å². The van der Waals surface area contributed by atoms with Gasteiger partial charge in [0.1, 0.15) is 0 Å². The van der Waals surface area contributed by atoms with Gasteiger partial charge < -0.3 is 5.32 Å². The molecule has 1 atom stereocenters. The highest BCUT2D eigenvalue weighted by atomic mass is 16.2. The quantitative estimate of drug-likeness (QED) is 0.512. The van der Waals surface area contributed by atoms with Crippen LogP contribution in [-0.2, 0) is 30.5 Å². The number of imide groups is 1. The number of pyridine rings is 1. The number of carbonyl (C=O) groups excluding carboxylic acids is 3. The maximum Gasteiger partial charge on any atom is 0.261 e. The topological polar surface area (TPSA) is 79.4 Å². The van der Waals surface area contributed by atoms with E-state index in [-0.39, 0.29) is 36.6 Å². The van der Waals surface area contributed by atoms with Crippen molar-refractivity contribution >= 4 is 23.4 Å². The van der Waals surface area contributed by atoms with Gasteiger partial charge in [-0.3, -0.25) is 24.3 Å². The summed E-state index contributed by atoms with van der Waals surface area (Å²) in [6, 6.07) is 16.6. The summed E-state index contributed by atoms with van der Waals surface area (Å²) < 4.78 is 0. The van der Waals surface area contributed by atoms with Crippen molar-refractivity contribution in [1.82, 2.24) is 9.88 Å². The zero-order chi connectivity index (χ0) is 24.6. The lowest BCUT2D eigenvalue weighted by Crippen LogP contribution is -2.35. The van der Waals surface area contributed by atoms with E-state index in [2.05, 4.69) is 5.32 Å². The van der Waals surface area contributed by atoms with E-state index < -0.39 is 0 Å². The maximum atomic E-state index is 13.5. The first kappa shape index (κ1) is 22.7. The van der Waals surface area contributed by atoms with Crippen molar-refractivity contribution in [3.63, 3.8) is 0 Å². The van der Waals surface area contributed by atoms with Gasteiger partial charge in [0, 0.05) is 30.3 Å². The van der Waals surface area contributed by atoms with Crippen molar-refractivity contribution in [1.29, 1.82) is 0 Å². The van der Waals surface area contributed by atoms with E-state index in [1.807, 2.05) is 30.3 Å². The van der Waals surface area contributed by atoms with Gasteiger partial charge in [-0.05, 0) is 73.8 Å². The van der Waals surface area contributed by atoms with Gasteiger partial charge >= 0.3 is 0 Å². The summed E-state index contributed by atoms with van der Waals surface area (Å²) in [5, 5.41) is 3.27. The van der Waals surface area contributed by atoms with Gasteiger partial charge in [-0.25, -0.2) is 0 Å². The van der Waals surface area contributed by atoms with Crippen molar-refractivity contribution in [2.24, 2.45) is 0 Å². The van der Waals surface area contributed by atoms with E-state index in [0.717, 1.165) is 67.6 Å². The molecule has 6 rings (SSSR count). The van der Waals surface area contributed by atoms with E-state index in [9.17, 15) is 14.4 Å². The van der Waals surface area contributed by atoms with Crippen molar-refractivity contribution in [2.45, 2.75) is 57.3 Å². The molecule has 0 saturated carbocycles. The average molecular weight is 480 g/mol. The second-order valence-electron chi connectivity index (χ2n) is 10.0. The number of aromatic nitrogens is 1. The van der Waals surface area contributed by atoms with E-state index in [0.29, 0.717) is 11.1 Å². The first-order valence-electron chi connectivity index (χ1n) is 12.9. The molecule has 2 aliphatic carbocycles. The molecule has 2 aromatic carbocycles. The van der Waals surface area contributed by atoms with Crippen LogP contribution in [0.2, 0.25) is 0 Å². The molecule has 0 radical (unpaired) electrons. The van der Waals surface area contributed by atoms with Gasteiger partial charge in [0.05, 0.1) is 16.8 Å². The second-order valence-corrected chi connectivity index (χ2v) is 10.0. The first-order valence-corrected chi connectivity index (χ1v) is 12.9. The van der Waals surface area contributed by atoms with Crippen molar-refractivity contribution < 1.29 is 14.4 Å². The Balaban J connectivity index is 1.27. The minimum atomic E-state index is -0.306. The lowest BCUT2D eigenvalue weighted by molar-refractivity contribution is -0.116. The molecule has 0 bridgehead atoms. The second kappa shape index (κ2) is 9.34. The molecule has 6 nitrogen and oxygen atoms in total. The predicted octanol–water partition coefficient (Wildman–Crippen LogP) is 4.86. The van der Waals surface area contributed by atoms with Gasteiger partial charge in [0.15, 0.2) is 0 Å². The summed E-state index contributed by atoms with van der Waals surface area (Å²) >= 11 is 0. The molecule has 3 amide bonds. The van der Waals surface area contributed by atoms with Crippen LogP contribution in [0.15, 0.2) is 54.6 Å². The first-order chi connectivity index (χ1) is 17.6. The normalized spacial score (nSPS) is 16.9. The Bertz CT molecular complexity index is 1330. The monoisotopic (exact) mass is 479 g/mol. The number of anilines is 1. The maximum absolute atomic E-state index is 13.5. The Morgan fingerprint density at radius 1 is 0.806 bits per heavy atom. The molecule has 1 aliphatic heterocycles. The molecule has 1 N–H and O–H groups in total. The Morgan fingerprint density at radius 2 is 1.39 bits per heavy atom. The number of nitrogens with one attached hydrogen (secondary N) is 1. The Labute approximate surface area is 210 Å². The number of carbonyl (C=O) groups is 3. The summed E-state index contributed by atoms with van der Waals surface area (Å²) in [4.78, 5) is 45.8. The number of hydrogen-bond acceptors (Lipinski definition) is 4. The standard InChI is InChI=1S/C30H29N3O3/c34-27(32-28-23-13-6-7-15-25(23)31-26-16-8-14-24(26)28)17-20(19-9-2-1-3-10-19)18-33-29(35)21-11-4-5-12-22(21)30(33)36/h1-5,9-12,20H,6-8,13-18H2,(H,31,32,34)/t20-/m1/s1. The number of hydrogen-bond donors (Lipinski definition) is 1. The van der Waals surface area contributed by atoms with Gasteiger partial charge in [-0.1, -0.05) is 42.5 Å². The molecular formula is C30H29N3O3. The molecule has 0 spiro atoms. The van der Waals surface area contributed by atoms with Crippen LogP contribution in [0.4, 0.5) is 5.69 Å². The molecule has 1 aromatic heterocycles. The highest BCUT2D eigenvalue weighted by Gasteiger charge is 2.37. The third-order valence-electron chi connectivity index (χ3n) is 7.75. The number of nitrogens with zero attached hydrogens (tertiary/aromatic N) is 2. The van der Waals surface area contributed by atoms with Crippen LogP contribution < -0.4 is 5.32 Å². The molecule has 0 fully saturated rings. The van der Waals surface area contributed by atoms with Crippen molar-refractivity contribution in [2.75, 3.05) is 11.9 Å². The van der Waals surface area contributed by atoms with E-state index >= 15 is 0 Å². The molecule has 2 heterocycles. The van der Waals surface area contributed by atoms with Crippen LogP contribution in [0.1, 0.15) is 80.4 Å². The lowest BCUT2D eigenvalue weighted by atomic mass is 9.91. The van der Waals surface area contributed by atoms with Gasteiger partial charge in [0.2, 0.25) is 5.91 Å². The predicted molar refractivity (Wildman–Crippen MR) is 137 cm³/mol. The van der Waals surface area contributed by atoms with Crippen molar-refractivity contribution in [3.8, 4) is 0 Å². The molecule has 3 aromatic rings. The van der Waals surface area contributed by atoms with Crippen LogP contribution >= 0.6 is 0 Å². The number of aryl methyl sites for hydroxylation is 2. The summed E-state index contributed by atoms with van der Waals surface area (Å²) in [5.74, 6) is -0.983. The highest BCUT2D eigenvalue weighted by Crippen LogP contribution is 2.36. The molecule has 182 valence electrons. The van der Waals surface area contributed by atoms with Crippen molar-refractivity contribution in [3.05, 3.63) is 93.8 Å². The number of rotatable bonds is 6. The lowest BCUT2D eigenvalue weighted by Gasteiger charge is -2.25. The Hall–Kier alpha value is -3.80. The molecule has 3 aliphatic rings. The van der Waals surface area contributed by atoms with E-state index in [1.54, 1.807) is 24.3 Å². The molecule has 0 saturated heterocycles. The van der Waals surface area contributed by atoms with Crippen LogP contribution in [-0.4, -0.2) is 34.2 Å². The molecule has 0 unspecified atom stereocenters. The van der Waals surface area contributed by atoms with E-state index in [4.69, 9.17) is 4.98 Å². The fraction of sp³-hybridized carbons (Fsp3) is 0.333. The minimum absolute atomic E-state index is 0.0893. The SMILES string of the molecule is O=C(C[C@H](CN1C(=O)c2ccccc2C1=O)c1ccccc1)Nc1c2c(nc3c1CCC3)CCCC2. The third kappa shape index (κ3) is 4.00. The third-order valence-corrected chi connectivity index (χ3v) is 7.75. The van der Waals surface area contributed by atoms with Gasteiger partial charge in [-0.2, -0.15) is 0 Å². The van der Waals surface area contributed by atoms with Crippen LogP contribution in [0, 0.1) is 0 Å². The number of fused-ring (bicyclic) bond motifs is 3.